The van der Waals surface area contributed by atoms with Crippen LogP contribution < -0.4 is 0 Å². The van der Waals surface area contributed by atoms with E-state index in [1.807, 2.05) is 0 Å². The molecule has 11 nitrogen and oxygen atoms in total. The zero-order chi connectivity index (χ0) is 52.7. The first-order chi connectivity index (χ1) is 35.2. The number of hydrogen-bond donors (Lipinski definition) is 2. The van der Waals surface area contributed by atoms with Gasteiger partial charge in [-0.3, -0.25) is 23.4 Å². The Balaban J connectivity index is 4.76. The minimum absolute atomic E-state index is 0.152. The number of carbonyl (C=O) groups is 3. The number of rotatable bonds is 52. The molecule has 0 rings (SSSR count). The zero-order valence-electron chi connectivity index (χ0n) is 45.6. The standard InChI is InChI=1S/C60H103O11P/c1-4-7-10-13-16-19-22-25-27-28-30-33-36-39-42-45-48-51-60(64)71-57(53-67-58(62)49-46-43-40-37-34-31-24-21-18-15-12-9-6-3)55-69-72(65,66)68-54-56(52-61)70-59(63)50-47-44-41-38-35-32-29-26-23-20-17-14-11-8-5-2/h8-9,11-12,17-18,20-21,25-27,29,31,34,56-57,61H,4-7,10,13-16,19,22-24,28,30,32-33,35-55H2,1-3H3,(H,65,66)/b11-8-,12-9-,20-17-,21-18-,27-25-,29-26-,34-31-. The van der Waals surface area contributed by atoms with Crippen LogP contribution in [0.2, 0.25) is 0 Å². The summed E-state index contributed by atoms with van der Waals surface area (Å²) in [5.41, 5.74) is 0. The van der Waals surface area contributed by atoms with Gasteiger partial charge in [0.05, 0.1) is 19.8 Å². The number of aliphatic hydroxyl groups is 1. The van der Waals surface area contributed by atoms with E-state index < -0.39 is 57.8 Å². The Kier molecular flexibility index (Phi) is 51.4. The van der Waals surface area contributed by atoms with E-state index in [-0.39, 0.29) is 25.9 Å². The quantitative estimate of drug-likeness (QED) is 0.0197. The van der Waals surface area contributed by atoms with Crippen LogP contribution in [0.5, 0.6) is 0 Å². The van der Waals surface area contributed by atoms with Gasteiger partial charge in [-0.15, -0.1) is 0 Å². The molecule has 72 heavy (non-hydrogen) atoms. The van der Waals surface area contributed by atoms with Crippen LogP contribution in [0.1, 0.15) is 239 Å². The van der Waals surface area contributed by atoms with Crippen molar-refractivity contribution < 1.29 is 52.2 Å². The van der Waals surface area contributed by atoms with Gasteiger partial charge in [0.2, 0.25) is 0 Å². The molecular weight excluding hydrogens is 928 g/mol. The maximum Gasteiger partial charge on any atom is 0.472 e. The monoisotopic (exact) mass is 1030 g/mol. The predicted molar refractivity (Wildman–Crippen MR) is 298 cm³/mol. The van der Waals surface area contributed by atoms with Gasteiger partial charge in [-0.05, 0) is 109 Å². The smallest absolute Gasteiger partial charge is 0.462 e. The highest BCUT2D eigenvalue weighted by molar-refractivity contribution is 7.47. The Labute approximate surface area is 439 Å². The Morgan fingerprint density at radius 3 is 1.14 bits per heavy atom. The van der Waals surface area contributed by atoms with Gasteiger partial charge in [0.1, 0.15) is 12.7 Å². The maximum atomic E-state index is 12.9. The highest BCUT2D eigenvalue weighted by Crippen LogP contribution is 2.43. The molecule has 0 aromatic heterocycles. The van der Waals surface area contributed by atoms with Crippen molar-refractivity contribution in [2.24, 2.45) is 0 Å². The van der Waals surface area contributed by atoms with Gasteiger partial charge in [0, 0.05) is 19.3 Å². The van der Waals surface area contributed by atoms with Crippen molar-refractivity contribution in [2.75, 3.05) is 26.4 Å². The third-order valence-electron chi connectivity index (χ3n) is 11.8. The lowest BCUT2D eigenvalue weighted by atomic mass is 10.1. The lowest BCUT2D eigenvalue weighted by Gasteiger charge is -2.21. The Hall–Kier alpha value is -3.34. The number of phosphoric acid groups is 1. The first kappa shape index (κ1) is 68.7. The number of hydrogen-bond acceptors (Lipinski definition) is 10. The van der Waals surface area contributed by atoms with Crippen molar-refractivity contribution >= 4 is 25.7 Å². The molecule has 0 aromatic carbocycles. The van der Waals surface area contributed by atoms with Crippen LogP contribution in [0.4, 0.5) is 0 Å². The summed E-state index contributed by atoms with van der Waals surface area (Å²) >= 11 is 0. The molecule has 0 radical (unpaired) electrons. The van der Waals surface area contributed by atoms with Gasteiger partial charge in [-0.25, -0.2) is 4.57 Å². The number of aliphatic hydroxyl groups excluding tert-OH is 1. The van der Waals surface area contributed by atoms with E-state index in [0.717, 1.165) is 122 Å². The van der Waals surface area contributed by atoms with Gasteiger partial charge in [0.15, 0.2) is 6.10 Å². The first-order valence-corrected chi connectivity index (χ1v) is 30.0. The minimum atomic E-state index is -4.76. The van der Waals surface area contributed by atoms with E-state index >= 15 is 0 Å². The topological polar surface area (TPSA) is 155 Å². The molecule has 414 valence electrons. The van der Waals surface area contributed by atoms with Crippen LogP contribution in [0.25, 0.3) is 0 Å². The summed E-state index contributed by atoms with van der Waals surface area (Å²) in [5, 5.41) is 9.81. The second kappa shape index (κ2) is 53.9. The molecule has 0 aliphatic rings. The molecule has 12 heteroatoms. The average Bonchev–Trinajstić information content (AvgIpc) is 3.37. The van der Waals surface area contributed by atoms with Gasteiger partial charge in [-0.2, -0.15) is 0 Å². The first-order valence-electron chi connectivity index (χ1n) is 28.5. The highest BCUT2D eigenvalue weighted by Gasteiger charge is 2.28. The molecule has 0 aliphatic heterocycles. The molecule has 0 bridgehead atoms. The summed E-state index contributed by atoms with van der Waals surface area (Å²) in [5.74, 6) is -1.52. The van der Waals surface area contributed by atoms with Crippen LogP contribution in [0.3, 0.4) is 0 Å². The molecule has 0 saturated carbocycles. The van der Waals surface area contributed by atoms with E-state index in [9.17, 15) is 28.9 Å². The van der Waals surface area contributed by atoms with Crippen LogP contribution in [0.15, 0.2) is 85.1 Å². The molecule has 0 saturated heterocycles. The third kappa shape index (κ3) is 51.6. The van der Waals surface area contributed by atoms with Gasteiger partial charge in [-0.1, -0.05) is 196 Å². The normalized spacial score (nSPS) is 14.0. The second-order valence-corrected chi connectivity index (χ2v) is 20.1. The Bertz CT molecular complexity index is 1530. The highest BCUT2D eigenvalue weighted by atomic mass is 31.2. The van der Waals surface area contributed by atoms with Gasteiger partial charge in [0.25, 0.3) is 0 Å². The van der Waals surface area contributed by atoms with E-state index in [1.165, 1.54) is 57.8 Å². The maximum absolute atomic E-state index is 12.9. The molecule has 3 atom stereocenters. The third-order valence-corrected chi connectivity index (χ3v) is 12.7. The molecule has 2 N–H and O–H groups in total. The van der Waals surface area contributed by atoms with Crippen molar-refractivity contribution in [1.29, 1.82) is 0 Å². The van der Waals surface area contributed by atoms with Crippen LogP contribution in [-0.2, 0) is 42.2 Å². The van der Waals surface area contributed by atoms with E-state index in [4.69, 9.17) is 23.3 Å². The zero-order valence-corrected chi connectivity index (χ0v) is 46.5. The fourth-order valence-electron chi connectivity index (χ4n) is 7.50. The van der Waals surface area contributed by atoms with Crippen LogP contribution in [0, 0.1) is 0 Å². The summed E-state index contributed by atoms with van der Waals surface area (Å²) in [7, 11) is -4.76. The van der Waals surface area contributed by atoms with E-state index in [0.29, 0.717) is 19.3 Å². The number of ether oxygens (including phenoxy) is 3. The van der Waals surface area contributed by atoms with Crippen LogP contribution in [-0.4, -0.2) is 66.5 Å². The molecular formula is C60H103O11P. The van der Waals surface area contributed by atoms with E-state index in [1.54, 1.807) is 0 Å². The summed E-state index contributed by atoms with van der Waals surface area (Å²) in [6.07, 6.45) is 61.2. The molecule has 0 aliphatic carbocycles. The number of carbonyl (C=O) groups excluding carboxylic acids is 3. The molecule has 0 spiro atoms. The Morgan fingerprint density at radius 2 is 0.722 bits per heavy atom. The largest absolute Gasteiger partial charge is 0.472 e. The lowest BCUT2D eigenvalue weighted by Crippen LogP contribution is -2.30. The fraction of sp³-hybridized carbons (Fsp3) is 0.717. The van der Waals surface area contributed by atoms with Crippen molar-refractivity contribution in [2.45, 2.75) is 251 Å². The molecule has 0 fully saturated rings. The number of phosphoric ester groups is 1. The summed E-state index contributed by atoms with van der Waals surface area (Å²) < 4.78 is 39.5. The average molecular weight is 1030 g/mol. The van der Waals surface area contributed by atoms with Crippen molar-refractivity contribution in [3.05, 3.63) is 85.1 Å². The molecule has 0 amide bonds. The van der Waals surface area contributed by atoms with Crippen LogP contribution >= 0.6 is 7.82 Å². The summed E-state index contributed by atoms with van der Waals surface area (Å²) in [6.45, 7) is 4.36. The van der Waals surface area contributed by atoms with Crippen molar-refractivity contribution in [3.63, 3.8) is 0 Å². The van der Waals surface area contributed by atoms with Gasteiger partial charge >= 0.3 is 25.7 Å². The van der Waals surface area contributed by atoms with Gasteiger partial charge < -0.3 is 24.2 Å². The molecule has 3 unspecified atom stereocenters. The number of allylic oxidation sites excluding steroid dienone is 14. The fourth-order valence-corrected chi connectivity index (χ4v) is 8.28. The molecule has 0 aromatic rings. The summed E-state index contributed by atoms with van der Waals surface area (Å²) in [4.78, 5) is 48.5. The predicted octanol–water partition coefficient (Wildman–Crippen LogP) is 16.7. The van der Waals surface area contributed by atoms with Crippen molar-refractivity contribution in [3.8, 4) is 0 Å². The lowest BCUT2D eigenvalue weighted by molar-refractivity contribution is -0.161. The van der Waals surface area contributed by atoms with E-state index in [2.05, 4.69) is 106 Å². The second-order valence-electron chi connectivity index (χ2n) is 18.7. The van der Waals surface area contributed by atoms with Crippen molar-refractivity contribution in [1.82, 2.24) is 0 Å². The Morgan fingerprint density at radius 1 is 0.403 bits per heavy atom. The SMILES string of the molecule is CC/C=C\C/C=C\C/C=C\CCCCCCCC(=O)OC(CO)COP(=O)(O)OCC(COC(=O)CCCCC/C=C\C/C=C\C/C=C\CC)OC(=O)CCCCCCCCC/C=C\CCCCCCCC. The molecule has 0 heterocycles. The number of unbranched alkanes of at least 4 members (excludes halogenated alkanes) is 21. The minimum Gasteiger partial charge on any atom is -0.462 e. The summed E-state index contributed by atoms with van der Waals surface area (Å²) in [6, 6.07) is 0. The number of esters is 3.